The Morgan fingerprint density at radius 3 is 2.47 bits per heavy atom. The van der Waals surface area contributed by atoms with Gasteiger partial charge in [0.15, 0.2) is 11.5 Å². The van der Waals surface area contributed by atoms with E-state index in [1.807, 2.05) is 26.0 Å². The SMILES string of the molecule is CCOC(=O)C1(c2cc3c(cc2C)OCCO3)CC1. The molecular formula is C15H18O4. The van der Waals surface area contributed by atoms with Crippen molar-refractivity contribution < 1.29 is 19.0 Å². The Kier molecular flexibility index (Phi) is 2.88. The van der Waals surface area contributed by atoms with Crippen molar-refractivity contribution in [2.75, 3.05) is 19.8 Å². The first-order chi connectivity index (χ1) is 9.17. The third-order valence-electron chi connectivity index (χ3n) is 3.82. The van der Waals surface area contributed by atoms with Crippen molar-refractivity contribution in [3.8, 4) is 11.5 Å². The first-order valence-electron chi connectivity index (χ1n) is 6.75. The van der Waals surface area contributed by atoms with Gasteiger partial charge in [0.2, 0.25) is 0 Å². The van der Waals surface area contributed by atoms with Gasteiger partial charge in [0.25, 0.3) is 0 Å². The molecule has 2 aliphatic rings. The van der Waals surface area contributed by atoms with Crippen LogP contribution in [0.25, 0.3) is 0 Å². The van der Waals surface area contributed by atoms with Crippen LogP contribution in [0.4, 0.5) is 0 Å². The quantitative estimate of drug-likeness (QED) is 0.784. The molecule has 0 saturated heterocycles. The molecule has 1 saturated carbocycles. The van der Waals surface area contributed by atoms with Gasteiger partial charge in [0, 0.05) is 0 Å². The van der Waals surface area contributed by atoms with Crippen molar-refractivity contribution in [3.05, 3.63) is 23.3 Å². The third-order valence-corrected chi connectivity index (χ3v) is 3.82. The summed E-state index contributed by atoms with van der Waals surface area (Å²) >= 11 is 0. The van der Waals surface area contributed by atoms with Gasteiger partial charge in [-0.25, -0.2) is 0 Å². The zero-order valence-electron chi connectivity index (χ0n) is 11.3. The highest BCUT2D eigenvalue weighted by Crippen LogP contribution is 2.52. The number of aryl methyl sites for hydroxylation is 1. The lowest BCUT2D eigenvalue weighted by molar-refractivity contribution is -0.146. The standard InChI is InChI=1S/C15H18O4/c1-3-17-14(16)15(4-5-15)11-9-13-12(8-10(11)2)18-6-7-19-13/h8-9H,3-7H2,1-2H3. The summed E-state index contributed by atoms with van der Waals surface area (Å²) in [5.41, 5.74) is 1.64. The molecule has 0 bridgehead atoms. The topological polar surface area (TPSA) is 44.8 Å². The van der Waals surface area contributed by atoms with Crippen LogP contribution >= 0.6 is 0 Å². The summed E-state index contributed by atoms with van der Waals surface area (Å²) in [6.45, 7) is 5.40. The number of ether oxygens (including phenoxy) is 3. The normalized spacial score (nSPS) is 18.8. The molecule has 1 aromatic rings. The highest BCUT2D eigenvalue weighted by Gasteiger charge is 2.53. The summed E-state index contributed by atoms with van der Waals surface area (Å²) < 4.78 is 16.4. The van der Waals surface area contributed by atoms with E-state index in [0.29, 0.717) is 19.8 Å². The molecule has 4 nitrogen and oxygen atoms in total. The number of hydrogen-bond donors (Lipinski definition) is 0. The third kappa shape index (κ3) is 1.95. The van der Waals surface area contributed by atoms with E-state index in [1.54, 1.807) is 0 Å². The number of fused-ring (bicyclic) bond motifs is 1. The van der Waals surface area contributed by atoms with E-state index in [-0.39, 0.29) is 5.97 Å². The second kappa shape index (κ2) is 4.44. The van der Waals surface area contributed by atoms with Crippen LogP contribution in [0.2, 0.25) is 0 Å². The van der Waals surface area contributed by atoms with Crippen molar-refractivity contribution in [1.29, 1.82) is 0 Å². The maximum atomic E-state index is 12.2. The number of benzene rings is 1. The van der Waals surface area contributed by atoms with Crippen LogP contribution in [0.3, 0.4) is 0 Å². The first-order valence-corrected chi connectivity index (χ1v) is 6.75. The Labute approximate surface area is 112 Å². The molecule has 3 rings (SSSR count). The molecule has 0 aromatic heterocycles. The number of rotatable bonds is 3. The molecule has 1 aliphatic carbocycles. The van der Waals surface area contributed by atoms with E-state index in [2.05, 4.69) is 0 Å². The Morgan fingerprint density at radius 1 is 1.26 bits per heavy atom. The lowest BCUT2D eigenvalue weighted by Gasteiger charge is -2.23. The maximum Gasteiger partial charge on any atom is 0.316 e. The van der Waals surface area contributed by atoms with Crippen LogP contribution in [0.15, 0.2) is 12.1 Å². The Balaban J connectivity index is 1.99. The summed E-state index contributed by atoms with van der Waals surface area (Å²) in [6.07, 6.45) is 1.71. The molecule has 102 valence electrons. The van der Waals surface area contributed by atoms with Gasteiger partial charge in [-0.3, -0.25) is 4.79 Å². The zero-order chi connectivity index (χ0) is 13.5. The summed E-state index contributed by atoms with van der Waals surface area (Å²) in [5, 5.41) is 0. The van der Waals surface area contributed by atoms with Crippen LogP contribution in [-0.4, -0.2) is 25.8 Å². The van der Waals surface area contributed by atoms with Crippen LogP contribution in [0, 0.1) is 6.92 Å². The summed E-state index contributed by atoms with van der Waals surface area (Å²) in [7, 11) is 0. The zero-order valence-corrected chi connectivity index (χ0v) is 11.3. The minimum Gasteiger partial charge on any atom is -0.486 e. The summed E-state index contributed by atoms with van der Waals surface area (Å²) in [5.74, 6) is 1.39. The number of esters is 1. The molecule has 0 atom stereocenters. The van der Waals surface area contributed by atoms with Gasteiger partial charge in [-0.05, 0) is 49.9 Å². The second-order valence-electron chi connectivity index (χ2n) is 5.11. The number of carbonyl (C=O) groups excluding carboxylic acids is 1. The summed E-state index contributed by atoms with van der Waals surface area (Å²) in [6, 6.07) is 3.91. The van der Waals surface area contributed by atoms with Gasteiger partial charge >= 0.3 is 5.97 Å². The van der Waals surface area contributed by atoms with Gasteiger partial charge in [0.1, 0.15) is 13.2 Å². The van der Waals surface area contributed by atoms with Gasteiger partial charge in [-0.2, -0.15) is 0 Å². The predicted octanol–water partition coefficient (Wildman–Crippen LogP) is 2.36. The van der Waals surface area contributed by atoms with Crippen LogP contribution < -0.4 is 9.47 Å². The molecule has 1 heterocycles. The molecule has 0 spiro atoms. The first kappa shape index (κ1) is 12.3. The molecule has 1 aromatic carbocycles. The molecule has 0 radical (unpaired) electrons. The molecule has 19 heavy (non-hydrogen) atoms. The Bertz CT molecular complexity index is 517. The fraction of sp³-hybridized carbons (Fsp3) is 0.533. The molecule has 1 aliphatic heterocycles. The Hall–Kier alpha value is -1.71. The Morgan fingerprint density at radius 2 is 1.89 bits per heavy atom. The van der Waals surface area contributed by atoms with Crippen molar-refractivity contribution in [1.82, 2.24) is 0 Å². The highest BCUT2D eigenvalue weighted by atomic mass is 16.6. The van der Waals surface area contributed by atoms with E-state index in [9.17, 15) is 4.79 Å². The predicted molar refractivity (Wildman–Crippen MR) is 69.7 cm³/mol. The van der Waals surface area contributed by atoms with Crippen molar-refractivity contribution in [3.63, 3.8) is 0 Å². The van der Waals surface area contributed by atoms with Gasteiger partial charge in [-0.1, -0.05) is 0 Å². The molecule has 0 N–H and O–H groups in total. The van der Waals surface area contributed by atoms with E-state index in [1.165, 1.54) is 0 Å². The van der Waals surface area contributed by atoms with Crippen LogP contribution in [0.5, 0.6) is 11.5 Å². The van der Waals surface area contributed by atoms with E-state index < -0.39 is 5.41 Å². The van der Waals surface area contributed by atoms with Crippen LogP contribution in [-0.2, 0) is 14.9 Å². The van der Waals surface area contributed by atoms with Crippen LogP contribution in [0.1, 0.15) is 30.9 Å². The molecule has 1 fully saturated rings. The minimum atomic E-state index is -0.448. The average Bonchev–Trinajstić information content (AvgIpc) is 3.19. The number of carbonyl (C=O) groups is 1. The lowest BCUT2D eigenvalue weighted by atomic mass is 9.91. The molecule has 4 heteroatoms. The van der Waals surface area contributed by atoms with Crippen molar-refractivity contribution in [2.24, 2.45) is 0 Å². The molecule has 0 unspecified atom stereocenters. The fourth-order valence-electron chi connectivity index (χ4n) is 2.68. The van der Waals surface area contributed by atoms with Gasteiger partial charge in [-0.15, -0.1) is 0 Å². The molecular weight excluding hydrogens is 244 g/mol. The lowest BCUT2D eigenvalue weighted by Crippen LogP contribution is -2.25. The largest absolute Gasteiger partial charge is 0.486 e. The minimum absolute atomic E-state index is 0.116. The van der Waals surface area contributed by atoms with Gasteiger partial charge in [0.05, 0.1) is 12.0 Å². The van der Waals surface area contributed by atoms with E-state index in [4.69, 9.17) is 14.2 Å². The van der Waals surface area contributed by atoms with E-state index >= 15 is 0 Å². The fourth-order valence-corrected chi connectivity index (χ4v) is 2.68. The highest BCUT2D eigenvalue weighted by molar-refractivity contribution is 5.87. The molecule has 0 amide bonds. The second-order valence-corrected chi connectivity index (χ2v) is 5.11. The van der Waals surface area contributed by atoms with Gasteiger partial charge < -0.3 is 14.2 Å². The van der Waals surface area contributed by atoms with Crippen molar-refractivity contribution >= 4 is 5.97 Å². The number of hydrogen-bond acceptors (Lipinski definition) is 4. The summed E-state index contributed by atoms with van der Waals surface area (Å²) in [4.78, 5) is 12.2. The van der Waals surface area contributed by atoms with Crippen molar-refractivity contribution in [2.45, 2.75) is 32.1 Å². The van der Waals surface area contributed by atoms with E-state index in [0.717, 1.165) is 35.5 Å². The average molecular weight is 262 g/mol. The monoisotopic (exact) mass is 262 g/mol. The maximum absolute atomic E-state index is 12.2. The smallest absolute Gasteiger partial charge is 0.316 e.